The van der Waals surface area contributed by atoms with E-state index < -0.39 is 0 Å². The van der Waals surface area contributed by atoms with Crippen LogP contribution in [0.3, 0.4) is 0 Å². The van der Waals surface area contributed by atoms with Crippen LogP contribution in [0.5, 0.6) is 0 Å². The van der Waals surface area contributed by atoms with Gasteiger partial charge in [0.25, 0.3) is 0 Å². The first-order chi connectivity index (χ1) is 10.1. The Balaban J connectivity index is 2.95. The summed E-state index contributed by atoms with van der Waals surface area (Å²) >= 11 is 0. The second-order valence-corrected chi connectivity index (χ2v) is 5.89. The first kappa shape index (κ1) is 17.7. The molecule has 0 radical (unpaired) electrons. The third-order valence-electron chi connectivity index (χ3n) is 4.28. The molecule has 0 aliphatic carbocycles. The highest BCUT2D eigenvalue weighted by atomic mass is 15.1. The van der Waals surface area contributed by atoms with Crippen LogP contribution in [0.4, 0.5) is 0 Å². The van der Waals surface area contributed by atoms with Crippen molar-refractivity contribution in [1.29, 1.82) is 5.26 Å². The largest absolute Gasteiger partial charge is 0.309 e. The molecule has 0 saturated heterocycles. The van der Waals surface area contributed by atoms with Crippen LogP contribution in [-0.4, -0.2) is 50.1 Å². The van der Waals surface area contributed by atoms with E-state index in [1.165, 1.54) is 0 Å². The van der Waals surface area contributed by atoms with Gasteiger partial charge in [-0.1, -0.05) is 44.2 Å². The fourth-order valence-corrected chi connectivity index (χ4v) is 2.65. The maximum Gasteiger partial charge on any atom is 0.0846 e. The number of benzene rings is 1. The van der Waals surface area contributed by atoms with Crippen LogP contribution in [0, 0.1) is 11.3 Å². The highest BCUT2D eigenvalue weighted by molar-refractivity contribution is 5.32. The number of rotatable bonds is 9. The molecule has 1 unspecified atom stereocenters. The van der Waals surface area contributed by atoms with Gasteiger partial charge in [-0.2, -0.15) is 5.26 Å². The van der Waals surface area contributed by atoms with E-state index in [2.05, 4.69) is 55.9 Å². The molecule has 0 fully saturated rings. The Morgan fingerprint density at radius 2 is 1.57 bits per heavy atom. The lowest BCUT2D eigenvalue weighted by Gasteiger charge is -2.31. The van der Waals surface area contributed by atoms with Crippen molar-refractivity contribution in [1.82, 2.24) is 9.80 Å². The van der Waals surface area contributed by atoms with Crippen LogP contribution < -0.4 is 0 Å². The SMILES string of the molecule is CCN(CC)CCC(C#N)(CCN(C)C)c1ccccc1. The molecule has 1 aromatic rings. The van der Waals surface area contributed by atoms with Gasteiger partial charge in [-0.05, 0) is 58.7 Å². The average molecular weight is 287 g/mol. The zero-order valence-corrected chi connectivity index (χ0v) is 14.0. The Hall–Kier alpha value is -1.37. The monoisotopic (exact) mass is 287 g/mol. The Labute approximate surface area is 130 Å². The predicted molar refractivity (Wildman–Crippen MR) is 89.3 cm³/mol. The Morgan fingerprint density at radius 3 is 2.05 bits per heavy atom. The summed E-state index contributed by atoms with van der Waals surface area (Å²) in [7, 11) is 4.13. The number of hydrogen-bond acceptors (Lipinski definition) is 3. The molecule has 0 N–H and O–H groups in total. The molecule has 1 rings (SSSR count). The molecule has 3 nitrogen and oxygen atoms in total. The summed E-state index contributed by atoms with van der Waals surface area (Å²) in [6.07, 6.45) is 1.77. The first-order valence-corrected chi connectivity index (χ1v) is 7.91. The molecule has 0 heterocycles. The topological polar surface area (TPSA) is 30.3 Å². The van der Waals surface area contributed by atoms with E-state index in [9.17, 15) is 5.26 Å². The lowest BCUT2D eigenvalue weighted by atomic mass is 9.76. The second-order valence-electron chi connectivity index (χ2n) is 5.89. The minimum Gasteiger partial charge on any atom is -0.309 e. The van der Waals surface area contributed by atoms with Crippen LogP contribution in [0.15, 0.2) is 30.3 Å². The van der Waals surface area contributed by atoms with Crippen molar-refractivity contribution in [3.05, 3.63) is 35.9 Å². The van der Waals surface area contributed by atoms with E-state index >= 15 is 0 Å². The molecule has 116 valence electrons. The summed E-state index contributed by atoms with van der Waals surface area (Å²) in [6.45, 7) is 8.35. The van der Waals surface area contributed by atoms with Gasteiger partial charge in [-0.3, -0.25) is 0 Å². The molecule has 21 heavy (non-hydrogen) atoms. The van der Waals surface area contributed by atoms with Crippen LogP contribution in [-0.2, 0) is 5.41 Å². The van der Waals surface area contributed by atoms with Crippen LogP contribution in [0.25, 0.3) is 0 Å². The minimum absolute atomic E-state index is 0.381. The van der Waals surface area contributed by atoms with Crippen molar-refractivity contribution in [2.45, 2.75) is 32.1 Å². The van der Waals surface area contributed by atoms with Crippen molar-refractivity contribution in [3.8, 4) is 6.07 Å². The Morgan fingerprint density at radius 1 is 1.00 bits per heavy atom. The number of hydrogen-bond donors (Lipinski definition) is 0. The van der Waals surface area contributed by atoms with Gasteiger partial charge in [0.1, 0.15) is 0 Å². The Kier molecular flexibility index (Phi) is 7.42. The highest BCUT2D eigenvalue weighted by Crippen LogP contribution is 2.31. The minimum atomic E-state index is -0.381. The van der Waals surface area contributed by atoms with Gasteiger partial charge in [0, 0.05) is 0 Å². The molecule has 0 amide bonds. The van der Waals surface area contributed by atoms with Gasteiger partial charge in [-0.15, -0.1) is 0 Å². The predicted octanol–water partition coefficient (Wildman–Crippen LogP) is 3.13. The molecule has 1 aromatic carbocycles. The molecule has 0 aromatic heterocycles. The summed E-state index contributed by atoms with van der Waals surface area (Å²) in [5.41, 5.74) is 0.773. The van der Waals surface area contributed by atoms with Crippen molar-refractivity contribution in [3.63, 3.8) is 0 Å². The Bertz CT molecular complexity index is 432. The van der Waals surface area contributed by atoms with Gasteiger partial charge < -0.3 is 9.80 Å². The van der Waals surface area contributed by atoms with Gasteiger partial charge in [0.15, 0.2) is 0 Å². The zero-order valence-electron chi connectivity index (χ0n) is 14.0. The molecule has 0 spiro atoms. The quantitative estimate of drug-likeness (QED) is 0.699. The van der Waals surface area contributed by atoms with Crippen molar-refractivity contribution < 1.29 is 0 Å². The summed E-state index contributed by atoms with van der Waals surface area (Å²) in [5, 5.41) is 9.91. The van der Waals surface area contributed by atoms with Crippen LogP contribution >= 0.6 is 0 Å². The molecule has 1 atom stereocenters. The summed E-state index contributed by atoms with van der Waals surface area (Å²) in [4.78, 5) is 4.55. The number of nitrogens with zero attached hydrogens (tertiary/aromatic N) is 3. The van der Waals surface area contributed by atoms with Gasteiger partial charge in [0.05, 0.1) is 11.5 Å². The lowest BCUT2D eigenvalue weighted by Crippen LogP contribution is -2.35. The normalized spacial score (nSPS) is 14.1. The van der Waals surface area contributed by atoms with Crippen LogP contribution in [0.2, 0.25) is 0 Å². The average Bonchev–Trinajstić information content (AvgIpc) is 2.52. The van der Waals surface area contributed by atoms with E-state index in [1.807, 2.05) is 18.2 Å². The van der Waals surface area contributed by atoms with Crippen molar-refractivity contribution in [2.75, 3.05) is 40.3 Å². The lowest BCUT2D eigenvalue weighted by molar-refractivity contribution is 0.261. The summed E-state index contributed by atoms with van der Waals surface area (Å²) in [6, 6.07) is 12.9. The molecular formula is C18H29N3. The first-order valence-electron chi connectivity index (χ1n) is 7.91. The fraction of sp³-hybridized carbons (Fsp3) is 0.611. The van der Waals surface area contributed by atoms with Gasteiger partial charge in [0.2, 0.25) is 0 Å². The second kappa shape index (κ2) is 8.81. The summed E-state index contributed by atoms with van der Waals surface area (Å²) < 4.78 is 0. The zero-order chi connectivity index (χ0) is 15.7. The van der Waals surface area contributed by atoms with Gasteiger partial charge in [-0.25, -0.2) is 0 Å². The third-order valence-corrected chi connectivity index (χ3v) is 4.28. The van der Waals surface area contributed by atoms with Crippen molar-refractivity contribution in [2.24, 2.45) is 0 Å². The van der Waals surface area contributed by atoms with E-state index in [0.717, 1.165) is 44.6 Å². The standard InChI is InChI=1S/C18H29N3/c1-5-21(6-2)15-13-18(16-19,12-14-20(3)4)17-10-8-7-9-11-17/h7-11H,5-6,12-15H2,1-4H3. The highest BCUT2D eigenvalue weighted by Gasteiger charge is 2.32. The molecule has 0 saturated carbocycles. The van der Waals surface area contributed by atoms with Gasteiger partial charge >= 0.3 is 0 Å². The maximum atomic E-state index is 9.91. The molecule has 0 aliphatic rings. The maximum absolute atomic E-state index is 9.91. The van der Waals surface area contributed by atoms with Crippen molar-refractivity contribution >= 4 is 0 Å². The number of nitriles is 1. The van der Waals surface area contributed by atoms with E-state index in [1.54, 1.807) is 0 Å². The van der Waals surface area contributed by atoms with E-state index in [0.29, 0.717) is 0 Å². The fourth-order valence-electron chi connectivity index (χ4n) is 2.65. The third kappa shape index (κ3) is 5.15. The smallest absolute Gasteiger partial charge is 0.0846 e. The molecule has 0 bridgehead atoms. The molecular weight excluding hydrogens is 258 g/mol. The molecule has 0 aliphatic heterocycles. The van der Waals surface area contributed by atoms with E-state index in [-0.39, 0.29) is 5.41 Å². The van der Waals surface area contributed by atoms with E-state index in [4.69, 9.17) is 0 Å². The molecule has 3 heteroatoms. The summed E-state index contributed by atoms with van der Waals surface area (Å²) in [5.74, 6) is 0. The van der Waals surface area contributed by atoms with Crippen LogP contribution in [0.1, 0.15) is 32.3 Å².